The number of nitro benzene ring substituents is 1. The Morgan fingerprint density at radius 2 is 1.39 bits per heavy atom. The normalized spacial score (nSPS) is 15.0. The Hall–Kier alpha value is -3.14. The highest BCUT2D eigenvalue weighted by atomic mass is 16.6. The van der Waals surface area contributed by atoms with Crippen LogP contribution in [0.1, 0.15) is 29.9 Å². The summed E-state index contributed by atoms with van der Waals surface area (Å²) < 4.78 is 0. The van der Waals surface area contributed by atoms with Gasteiger partial charge in [0.1, 0.15) is 0 Å². The van der Waals surface area contributed by atoms with Crippen molar-refractivity contribution in [2.24, 2.45) is 5.92 Å². The molecule has 0 bridgehead atoms. The molecule has 0 N–H and O–H groups in total. The summed E-state index contributed by atoms with van der Waals surface area (Å²) in [5.74, 6) is 0.939. The molecule has 1 aliphatic heterocycles. The van der Waals surface area contributed by atoms with E-state index in [-0.39, 0.29) is 10.6 Å². The van der Waals surface area contributed by atoms with Crippen molar-refractivity contribution in [3.8, 4) is 0 Å². The first-order valence-electron chi connectivity index (χ1n) is 9.81. The van der Waals surface area contributed by atoms with Crippen molar-refractivity contribution < 1.29 is 4.92 Å². The molecule has 0 saturated carbocycles. The monoisotopic (exact) mass is 372 g/mol. The van der Waals surface area contributed by atoms with E-state index in [1.54, 1.807) is 18.2 Å². The van der Waals surface area contributed by atoms with Crippen molar-refractivity contribution in [2.45, 2.75) is 18.8 Å². The topological polar surface area (TPSA) is 46.4 Å². The second-order valence-corrected chi connectivity index (χ2v) is 7.40. The van der Waals surface area contributed by atoms with Crippen LogP contribution in [-0.2, 0) is 0 Å². The van der Waals surface area contributed by atoms with Gasteiger partial charge >= 0.3 is 0 Å². The van der Waals surface area contributed by atoms with Crippen molar-refractivity contribution in [1.82, 2.24) is 0 Å². The summed E-state index contributed by atoms with van der Waals surface area (Å²) in [6.07, 6.45) is 2.13. The summed E-state index contributed by atoms with van der Waals surface area (Å²) in [7, 11) is 0. The molecule has 28 heavy (non-hydrogen) atoms. The number of nitro groups is 1. The third-order valence-electron chi connectivity index (χ3n) is 5.73. The average molecular weight is 372 g/mol. The number of piperidine rings is 1. The molecular formula is C24H24N2O2. The molecule has 0 unspecified atom stereocenters. The van der Waals surface area contributed by atoms with Crippen LogP contribution in [-0.4, -0.2) is 18.0 Å². The quantitative estimate of drug-likeness (QED) is 0.430. The molecule has 0 amide bonds. The predicted octanol–water partition coefficient (Wildman–Crippen LogP) is 5.64. The highest BCUT2D eigenvalue weighted by molar-refractivity contribution is 5.53. The molecule has 4 rings (SSSR count). The van der Waals surface area contributed by atoms with Gasteiger partial charge in [-0.2, -0.15) is 0 Å². The first-order chi connectivity index (χ1) is 13.7. The zero-order chi connectivity index (χ0) is 19.3. The molecule has 0 aliphatic carbocycles. The summed E-state index contributed by atoms with van der Waals surface area (Å²) in [6, 6.07) is 28.5. The third kappa shape index (κ3) is 3.91. The Kier molecular flexibility index (Phi) is 5.38. The van der Waals surface area contributed by atoms with Gasteiger partial charge in [-0.05, 0) is 36.0 Å². The van der Waals surface area contributed by atoms with Gasteiger partial charge in [0.2, 0.25) is 0 Å². The van der Waals surface area contributed by atoms with Gasteiger partial charge in [0.15, 0.2) is 0 Å². The van der Waals surface area contributed by atoms with Crippen LogP contribution < -0.4 is 4.90 Å². The first kappa shape index (κ1) is 18.2. The van der Waals surface area contributed by atoms with Crippen LogP contribution in [0.2, 0.25) is 0 Å². The van der Waals surface area contributed by atoms with E-state index >= 15 is 0 Å². The van der Waals surface area contributed by atoms with E-state index in [1.807, 2.05) is 6.07 Å². The predicted molar refractivity (Wildman–Crippen MR) is 113 cm³/mol. The Morgan fingerprint density at radius 3 is 1.93 bits per heavy atom. The van der Waals surface area contributed by atoms with Crippen molar-refractivity contribution >= 4 is 11.4 Å². The Labute approximate surface area is 165 Å². The Morgan fingerprint density at radius 1 is 0.821 bits per heavy atom. The molecule has 3 aromatic carbocycles. The number of rotatable bonds is 5. The number of benzene rings is 3. The highest BCUT2D eigenvalue weighted by Crippen LogP contribution is 2.39. The molecule has 1 saturated heterocycles. The largest absolute Gasteiger partial charge is 0.371 e. The molecule has 3 aromatic rings. The summed E-state index contributed by atoms with van der Waals surface area (Å²) in [6.45, 7) is 1.84. The van der Waals surface area contributed by atoms with Crippen LogP contribution in [0.25, 0.3) is 0 Å². The summed E-state index contributed by atoms with van der Waals surface area (Å²) in [5, 5.41) is 11.1. The molecular weight excluding hydrogens is 348 g/mol. The Bertz CT molecular complexity index is 880. The lowest BCUT2D eigenvalue weighted by atomic mass is 9.76. The lowest BCUT2D eigenvalue weighted by Gasteiger charge is -2.37. The Balaban J connectivity index is 1.54. The van der Waals surface area contributed by atoms with Crippen LogP contribution in [0.5, 0.6) is 0 Å². The van der Waals surface area contributed by atoms with Gasteiger partial charge in [-0.15, -0.1) is 0 Å². The van der Waals surface area contributed by atoms with E-state index in [2.05, 4.69) is 65.6 Å². The molecule has 0 spiro atoms. The van der Waals surface area contributed by atoms with Gasteiger partial charge in [0.05, 0.1) is 4.92 Å². The van der Waals surface area contributed by atoms with E-state index in [0.29, 0.717) is 11.8 Å². The standard InChI is InChI=1S/C24H24N2O2/c27-26(28)23-13-7-12-22(18-23)25-16-14-21(15-17-25)24(19-8-3-1-4-9-19)20-10-5-2-6-11-20/h1-13,18,21,24H,14-17H2. The van der Waals surface area contributed by atoms with Gasteiger partial charge < -0.3 is 4.90 Å². The minimum absolute atomic E-state index is 0.158. The van der Waals surface area contributed by atoms with Crippen molar-refractivity contribution in [2.75, 3.05) is 18.0 Å². The van der Waals surface area contributed by atoms with Gasteiger partial charge in [-0.3, -0.25) is 10.1 Å². The summed E-state index contributed by atoms with van der Waals surface area (Å²) in [5.41, 5.74) is 3.83. The number of non-ortho nitro benzene ring substituents is 1. The van der Waals surface area contributed by atoms with Crippen molar-refractivity contribution in [3.05, 3.63) is 106 Å². The van der Waals surface area contributed by atoms with E-state index in [1.165, 1.54) is 11.1 Å². The minimum Gasteiger partial charge on any atom is -0.371 e. The van der Waals surface area contributed by atoms with Crippen LogP contribution >= 0.6 is 0 Å². The van der Waals surface area contributed by atoms with Crippen LogP contribution in [0.4, 0.5) is 11.4 Å². The summed E-state index contributed by atoms with van der Waals surface area (Å²) >= 11 is 0. The molecule has 1 aliphatic rings. The van der Waals surface area contributed by atoms with E-state index < -0.39 is 0 Å². The maximum absolute atomic E-state index is 11.1. The molecule has 142 valence electrons. The molecule has 0 radical (unpaired) electrons. The number of anilines is 1. The second kappa shape index (κ2) is 8.26. The maximum atomic E-state index is 11.1. The van der Waals surface area contributed by atoms with Crippen LogP contribution in [0, 0.1) is 16.0 Å². The smallest absolute Gasteiger partial charge is 0.271 e. The zero-order valence-corrected chi connectivity index (χ0v) is 15.8. The fourth-order valence-electron chi connectivity index (χ4n) is 4.35. The maximum Gasteiger partial charge on any atom is 0.271 e. The van der Waals surface area contributed by atoms with E-state index in [0.717, 1.165) is 31.6 Å². The highest BCUT2D eigenvalue weighted by Gasteiger charge is 2.29. The van der Waals surface area contributed by atoms with Crippen molar-refractivity contribution in [1.29, 1.82) is 0 Å². The molecule has 0 aromatic heterocycles. The van der Waals surface area contributed by atoms with Gasteiger partial charge in [0.25, 0.3) is 5.69 Å². The lowest BCUT2D eigenvalue weighted by molar-refractivity contribution is -0.384. The zero-order valence-electron chi connectivity index (χ0n) is 15.8. The average Bonchev–Trinajstić information content (AvgIpc) is 2.76. The number of hydrogen-bond acceptors (Lipinski definition) is 3. The molecule has 0 atom stereocenters. The van der Waals surface area contributed by atoms with Crippen LogP contribution in [0.3, 0.4) is 0 Å². The first-order valence-corrected chi connectivity index (χ1v) is 9.81. The molecule has 1 heterocycles. The van der Waals surface area contributed by atoms with Gasteiger partial charge in [-0.25, -0.2) is 0 Å². The van der Waals surface area contributed by atoms with Gasteiger partial charge in [-0.1, -0.05) is 66.7 Å². The molecule has 4 nitrogen and oxygen atoms in total. The minimum atomic E-state index is -0.322. The number of nitrogens with zero attached hydrogens (tertiary/aromatic N) is 2. The fourth-order valence-corrected chi connectivity index (χ4v) is 4.35. The van der Waals surface area contributed by atoms with Gasteiger partial charge in [0, 0.05) is 36.8 Å². The van der Waals surface area contributed by atoms with E-state index in [9.17, 15) is 10.1 Å². The lowest BCUT2D eigenvalue weighted by Crippen LogP contribution is -2.35. The SMILES string of the molecule is O=[N+]([O-])c1cccc(N2CCC(C(c3ccccc3)c3ccccc3)CC2)c1. The van der Waals surface area contributed by atoms with Crippen molar-refractivity contribution in [3.63, 3.8) is 0 Å². The third-order valence-corrected chi connectivity index (χ3v) is 5.73. The second-order valence-electron chi connectivity index (χ2n) is 7.40. The fraction of sp³-hybridized carbons (Fsp3) is 0.250. The van der Waals surface area contributed by atoms with E-state index in [4.69, 9.17) is 0 Å². The summed E-state index contributed by atoms with van der Waals surface area (Å²) in [4.78, 5) is 13.0. The molecule has 4 heteroatoms. The van der Waals surface area contributed by atoms with Crippen LogP contribution in [0.15, 0.2) is 84.9 Å². The number of hydrogen-bond donors (Lipinski definition) is 0. The molecule has 1 fully saturated rings.